The summed E-state index contributed by atoms with van der Waals surface area (Å²) in [5, 5.41) is 0. The summed E-state index contributed by atoms with van der Waals surface area (Å²) in [4.78, 5) is 22.6. The Morgan fingerprint density at radius 2 is 1.97 bits per heavy atom. The van der Waals surface area contributed by atoms with Gasteiger partial charge in [-0.05, 0) is 35.7 Å². The van der Waals surface area contributed by atoms with Gasteiger partial charge in [-0.1, -0.05) is 6.07 Å². The van der Waals surface area contributed by atoms with Gasteiger partial charge in [-0.3, -0.25) is 4.79 Å². The molecule has 0 bridgehead atoms. The number of hydrogen-bond donors (Lipinski definition) is 0. The maximum Gasteiger partial charge on any atom is 0.316 e. The lowest BCUT2D eigenvalue weighted by molar-refractivity contribution is 0.0403. The van der Waals surface area contributed by atoms with E-state index in [9.17, 15) is 13.2 Å². The molecule has 152 valence electrons. The van der Waals surface area contributed by atoms with Gasteiger partial charge in [0.2, 0.25) is 0 Å². The van der Waals surface area contributed by atoms with E-state index in [0.717, 1.165) is 11.1 Å². The molecule has 1 aromatic heterocycles. The zero-order chi connectivity index (χ0) is 20.1. The van der Waals surface area contributed by atoms with Gasteiger partial charge in [0.25, 0.3) is 5.91 Å². The number of benzene rings is 1. The molecule has 1 amide bonds. The highest BCUT2D eigenvalue weighted by Gasteiger charge is 2.62. The van der Waals surface area contributed by atoms with E-state index in [4.69, 9.17) is 9.47 Å². The van der Waals surface area contributed by atoms with Crippen molar-refractivity contribution in [3.63, 3.8) is 0 Å². The molecule has 9 heteroatoms. The highest BCUT2D eigenvalue weighted by molar-refractivity contribution is 7.93. The number of ether oxygens (including phenoxy) is 2. The average molecular weight is 415 g/mol. The van der Waals surface area contributed by atoms with Gasteiger partial charge in [0, 0.05) is 37.0 Å². The first-order valence-corrected chi connectivity index (χ1v) is 11.2. The van der Waals surface area contributed by atoms with Crippen LogP contribution in [0.1, 0.15) is 27.9 Å². The second-order valence-corrected chi connectivity index (χ2v) is 10.3. The number of likely N-dealkylation sites (tertiary alicyclic amines) is 1. The average Bonchev–Trinajstić information content (AvgIpc) is 3.26. The highest BCUT2D eigenvalue weighted by atomic mass is 32.2. The summed E-state index contributed by atoms with van der Waals surface area (Å²) in [5.74, 6) is -0.207. The molecule has 2 aromatic rings. The van der Waals surface area contributed by atoms with Crippen molar-refractivity contribution < 1.29 is 22.7 Å². The molecular formula is C20H21N3O5S. The van der Waals surface area contributed by atoms with E-state index in [0.29, 0.717) is 25.2 Å². The predicted molar refractivity (Wildman–Crippen MR) is 103 cm³/mol. The molecule has 8 nitrogen and oxygen atoms in total. The van der Waals surface area contributed by atoms with Gasteiger partial charge in [0.05, 0.1) is 25.6 Å². The Morgan fingerprint density at radius 1 is 1.21 bits per heavy atom. The zero-order valence-electron chi connectivity index (χ0n) is 15.8. The first-order chi connectivity index (χ1) is 14.0. The third-order valence-corrected chi connectivity index (χ3v) is 8.83. The maximum absolute atomic E-state index is 12.9. The molecule has 1 atom stereocenters. The fourth-order valence-corrected chi connectivity index (χ4v) is 6.87. The molecular weight excluding hydrogens is 394 g/mol. The van der Waals surface area contributed by atoms with E-state index in [2.05, 4.69) is 9.97 Å². The molecule has 3 aliphatic rings. The molecule has 2 fully saturated rings. The minimum atomic E-state index is -3.30. The van der Waals surface area contributed by atoms with Gasteiger partial charge in [-0.15, -0.1) is 0 Å². The van der Waals surface area contributed by atoms with Crippen LogP contribution in [0.5, 0.6) is 6.01 Å². The molecule has 2 saturated heterocycles. The van der Waals surface area contributed by atoms with E-state index in [-0.39, 0.29) is 43.3 Å². The van der Waals surface area contributed by atoms with Gasteiger partial charge < -0.3 is 14.4 Å². The second-order valence-electron chi connectivity index (χ2n) is 7.85. The van der Waals surface area contributed by atoms with E-state index in [1.54, 1.807) is 29.4 Å². The van der Waals surface area contributed by atoms with Crippen LogP contribution in [0.2, 0.25) is 0 Å². The Kier molecular flexibility index (Phi) is 4.32. The highest BCUT2D eigenvalue weighted by Crippen LogP contribution is 2.45. The minimum absolute atomic E-state index is 0.120. The van der Waals surface area contributed by atoms with Crippen LogP contribution in [0.15, 0.2) is 36.7 Å². The van der Waals surface area contributed by atoms with Crippen molar-refractivity contribution in [2.45, 2.75) is 24.4 Å². The molecule has 0 aliphatic carbocycles. The van der Waals surface area contributed by atoms with Crippen molar-refractivity contribution in [1.29, 1.82) is 0 Å². The van der Waals surface area contributed by atoms with Gasteiger partial charge in [-0.25, -0.2) is 18.4 Å². The third-order valence-electron chi connectivity index (χ3n) is 6.23. The number of carbonyl (C=O) groups is 1. The molecule has 0 radical (unpaired) electrons. The number of hydrogen-bond acceptors (Lipinski definition) is 7. The number of amides is 1. The Labute approximate surface area is 168 Å². The quantitative estimate of drug-likeness (QED) is 0.740. The molecule has 0 unspecified atom stereocenters. The van der Waals surface area contributed by atoms with Gasteiger partial charge in [-0.2, -0.15) is 0 Å². The van der Waals surface area contributed by atoms with E-state index >= 15 is 0 Å². The van der Waals surface area contributed by atoms with Crippen LogP contribution in [0.4, 0.5) is 0 Å². The lowest BCUT2D eigenvalue weighted by Gasteiger charge is -2.49. The number of nitrogens with zero attached hydrogens (tertiary/aromatic N) is 3. The maximum atomic E-state index is 12.9. The van der Waals surface area contributed by atoms with Gasteiger partial charge in [0.1, 0.15) is 4.75 Å². The molecule has 4 heterocycles. The van der Waals surface area contributed by atoms with Gasteiger partial charge in [0.15, 0.2) is 9.84 Å². The Bertz CT molecular complexity index is 1050. The van der Waals surface area contributed by atoms with Crippen LogP contribution < -0.4 is 4.74 Å². The van der Waals surface area contributed by atoms with Gasteiger partial charge >= 0.3 is 6.01 Å². The summed E-state index contributed by atoms with van der Waals surface area (Å²) < 4.78 is 35.7. The number of rotatable bonds is 4. The summed E-state index contributed by atoms with van der Waals surface area (Å²) in [5.41, 5.74) is 2.69. The van der Waals surface area contributed by atoms with Crippen LogP contribution in [-0.4, -0.2) is 59.4 Å². The van der Waals surface area contributed by atoms with Crippen molar-refractivity contribution in [1.82, 2.24) is 14.9 Å². The standard InChI is InChI=1S/C20H21N3O5S/c24-18(14-2-3-15-9-27-10-16(15)8-14)23-12-20(13-23)17(4-7-29(20,25)26)11-28-19-21-5-1-6-22-19/h1-3,5-6,8,17H,4,7,9-13H2/t17-/m0/s1. The van der Waals surface area contributed by atoms with E-state index < -0.39 is 14.6 Å². The number of aromatic nitrogens is 2. The summed E-state index contributed by atoms with van der Waals surface area (Å²) in [6, 6.07) is 7.48. The fraction of sp³-hybridized carbons (Fsp3) is 0.450. The normalized spacial score (nSPS) is 23.6. The summed E-state index contributed by atoms with van der Waals surface area (Å²) in [7, 11) is -3.30. The van der Waals surface area contributed by atoms with Crippen molar-refractivity contribution in [3.05, 3.63) is 53.3 Å². The Hall–Kier alpha value is -2.52. The molecule has 1 aromatic carbocycles. The summed E-state index contributed by atoms with van der Waals surface area (Å²) in [6.45, 7) is 1.70. The zero-order valence-corrected chi connectivity index (χ0v) is 16.6. The van der Waals surface area contributed by atoms with Crippen molar-refractivity contribution in [2.24, 2.45) is 5.92 Å². The number of fused-ring (bicyclic) bond motifs is 1. The lowest BCUT2D eigenvalue weighted by Crippen LogP contribution is -2.68. The summed E-state index contributed by atoms with van der Waals surface area (Å²) in [6.07, 6.45) is 3.68. The van der Waals surface area contributed by atoms with Crippen LogP contribution in [0.25, 0.3) is 0 Å². The largest absolute Gasteiger partial charge is 0.463 e. The topological polar surface area (TPSA) is 98.7 Å². The van der Waals surface area contributed by atoms with E-state index in [1.807, 2.05) is 12.1 Å². The number of sulfone groups is 1. The third kappa shape index (κ3) is 3.00. The number of carbonyl (C=O) groups excluding carboxylic acids is 1. The van der Waals surface area contributed by atoms with Crippen LogP contribution >= 0.6 is 0 Å². The second kappa shape index (κ2) is 6.77. The van der Waals surface area contributed by atoms with E-state index in [1.165, 1.54) is 0 Å². The SMILES string of the molecule is O=C(c1ccc2c(c1)COC2)N1CC2(C1)[C@H](COc1ncccn1)CCS2(=O)=O. The lowest BCUT2D eigenvalue weighted by atomic mass is 9.83. The molecule has 1 spiro atoms. The molecule has 29 heavy (non-hydrogen) atoms. The first kappa shape index (κ1) is 18.5. The minimum Gasteiger partial charge on any atom is -0.463 e. The predicted octanol–water partition coefficient (Wildman–Crippen LogP) is 1.22. The molecule has 0 saturated carbocycles. The van der Waals surface area contributed by atoms with Crippen molar-refractivity contribution >= 4 is 15.7 Å². The van der Waals surface area contributed by atoms with Crippen LogP contribution in [0, 0.1) is 5.92 Å². The van der Waals surface area contributed by atoms with Crippen molar-refractivity contribution in [3.8, 4) is 6.01 Å². The monoisotopic (exact) mass is 415 g/mol. The van der Waals surface area contributed by atoms with Crippen molar-refractivity contribution in [2.75, 3.05) is 25.4 Å². The Morgan fingerprint density at radius 3 is 2.76 bits per heavy atom. The first-order valence-electron chi connectivity index (χ1n) is 9.59. The molecule has 5 rings (SSSR count). The molecule has 0 N–H and O–H groups in total. The van der Waals surface area contributed by atoms with Crippen LogP contribution in [0.3, 0.4) is 0 Å². The summed E-state index contributed by atoms with van der Waals surface area (Å²) >= 11 is 0. The molecule has 3 aliphatic heterocycles. The fourth-order valence-electron chi connectivity index (χ4n) is 4.47. The smallest absolute Gasteiger partial charge is 0.316 e. The van der Waals surface area contributed by atoms with Crippen LogP contribution in [-0.2, 0) is 27.8 Å². The Balaban J connectivity index is 1.30.